The fourth-order valence-electron chi connectivity index (χ4n) is 2.66. The quantitative estimate of drug-likeness (QED) is 0.119. The third-order valence-corrected chi connectivity index (χ3v) is 9.23. The molecule has 2 unspecified atom stereocenters. The van der Waals surface area contributed by atoms with Gasteiger partial charge < -0.3 is 23.9 Å². The molecular formula is C11H17BN5O11P3. The number of H-pyrrole nitrogens is 1. The van der Waals surface area contributed by atoms with E-state index in [1.165, 1.54) is 13.1 Å². The fraction of sp³-hybridized carbons (Fsp3) is 0.636. The van der Waals surface area contributed by atoms with E-state index in [-0.39, 0.29) is 12.0 Å². The van der Waals surface area contributed by atoms with E-state index in [0.29, 0.717) is 0 Å². The zero-order chi connectivity index (χ0) is 23.6. The maximum atomic E-state index is 12.1. The molecule has 0 bridgehead atoms. The van der Waals surface area contributed by atoms with Gasteiger partial charge in [-0.1, -0.05) is 5.11 Å². The van der Waals surface area contributed by atoms with E-state index in [0.717, 1.165) is 4.57 Å². The van der Waals surface area contributed by atoms with Crippen LogP contribution in [0.1, 0.15) is 18.2 Å². The van der Waals surface area contributed by atoms with E-state index in [1.807, 2.05) is 0 Å². The Kier molecular flexibility index (Phi) is 7.94. The Balaban J connectivity index is 2.14. The molecule has 170 valence electrons. The second-order valence-corrected chi connectivity index (χ2v) is 12.2. The van der Waals surface area contributed by atoms with Gasteiger partial charge in [-0.15, -0.1) is 0 Å². The van der Waals surface area contributed by atoms with Gasteiger partial charge >= 0.3 is 20.9 Å². The van der Waals surface area contributed by atoms with E-state index in [1.54, 1.807) is 0 Å². The molecule has 1 aromatic rings. The lowest BCUT2D eigenvalue weighted by atomic mass is 10.1. The SMILES string of the molecule is [B]P(=O)(OC[C@H]1O[C@@H](n2cc(C)c(=O)[nH]c2=O)C[C@H]1N=[N+]=[N-])OP(=O)(O)CP(=O)(O)O. The largest absolute Gasteiger partial charge is 0.352 e. The maximum absolute atomic E-state index is 12.1. The fourth-order valence-corrected chi connectivity index (χ4v) is 7.16. The summed E-state index contributed by atoms with van der Waals surface area (Å²) >= 11 is 0. The van der Waals surface area contributed by atoms with E-state index in [9.17, 15) is 28.2 Å². The molecule has 5 atom stereocenters. The van der Waals surface area contributed by atoms with Crippen LogP contribution in [-0.4, -0.2) is 56.5 Å². The minimum Gasteiger partial charge on any atom is -0.352 e. The number of azide groups is 1. The normalized spacial score (nSPS) is 25.4. The lowest BCUT2D eigenvalue weighted by Gasteiger charge is -2.22. The molecule has 1 aliphatic rings. The molecule has 1 fully saturated rings. The van der Waals surface area contributed by atoms with Gasteiger partial charge in [0, 0.05) is 23.1 Å². The van der Waals surface area contributed by atoms with Gasteiger partial charge in [-0.25, -0.2) is 9.11 Å². The molecule has 1 saturated heterocycles. The third kappa shape index (κ3) is 7.55. The zero-order valence-corrected chi connectivity index (χ0v) is 18.4. The van der Waals surface area contributed by atoms with E-state index in [2.05, 4.69) is 19.3 Å². The lowest BCUT2D eigenvalue weighted by Crippen LogP contribution is -2.33. The molecular weight excluding hydrogens is 482 g/mol. The summed E-state index contributed by atoms with van der Waals surface area (Å²) in [5.74, 6) is -1.64. The molecule has 16 nitrogen and oxygen atoms in total. The number of rotatable bonds is 9. The molecule has 4 N–H and O–H groups in total. The zero-order valence-electron chi connectivity index (χ0n) is 15.7. The van der Waals surface area contributed by atoms with Crippen molar-refractivity contribution in [2.45, 2.75) is 31.7 Å². The van der Waals surface area contributed by atoms with Gasteiger partial charge in [0.2, 0.25) is 7.57 Å². The van der Waals surface area contributed by atoms with Crippen LogP contribution in [0.2, 0.25) is 0 Å². The summed E-state index contributed by atoms with van der Waals surface area (Å²) in [6.07, 6.45) is -0.969. The Labute approximate surface area is 174 Å². The summed E-state index contributed by atoms with van der Waals surface area (Å²) in [5, 5.41) is 3.48. The summed E-state index contributed by atoms with van der Waals surface area (Å²) in [6.45, 7) is 0.753. The number of nitrogens with one attached hydrogen (secondary N) is 1. The Hall–Kier alpha value is -1.50. The number of aromatic amines is 1. The van der Waals surface area contributed by atoms with Crippen molar-refractivity contribution in [2.75, 3.05) is 12.5 Å². The van der Waals surface area contributed by atoms with Crippen LogP contribution < -0.4 is 11.2 Å². The van der Waals surface area contributed by atoms with Crippen LogP contribution in [0.25, 0.3) is 10.4 Å². The molecule has 20 heteroatoms. The summed E-state index contributed by atoms with van der Waals surface area (Å²) < 4.78 is 50.2. The molecule has 2 rings (SSSR count). The molecule has 0 spiro atoms. The van der Waals surface area contributed by atoms with Gasteiger partial charge in [0.25, 0.3) is 13.0 Å². The number of aryl methyl sites for hydroxylation is 1. The molecule has 1 aliphatic heterocycles. The molecule has 0 aliphatic carbocycles. The highest BCUT2D eigenvalue weighted by Gasteiger charge is 2.40. The number of hydrogen-bond donors (Lipinski definition) is 4. The van der Waals surface area contributed by atoms with Crippen molar-refractivity contribution < 1.29 is 41.9 Å². The first-order chi connectivity index (χ1) is 14.1. The summed E-state index contributed by atoms with van der Waals surface area (Å²) in [6, 6.07) is -0.954. The van der Waals surface area contributed by atoms with Crippen molar-refractivity contribution in [1.29, 1.82) is 0 Å². The Morgan fingerprint density at radius 1 is 1.39 bits per heavy atom. The molecule has 1 aromatic heterocycles. The number of aromatic nitrogens is 2. The first-order valence-corrected chi connectivity index (χ1v) is 13.4. The van der Waals surface area contributed by atoms with Crippen LogP contribution in [0.5, 0.6) is 0 Å². The van der Waals surface area contributed by atoms with Crippen molar-refractivity contribution in [1.82, 2.24) is 9.55 Å². The third-order valence-electron chi connectivity index (χ3n) is 3.88. The molecule has 0 aromatic carbocycles. The smallest absolute Gasteiger partial charge is 0.346 e. The average Bonchev–Trinajstić information content (AvgIpc) is 2.96. The van der Waals surface area contributed by atoms with Crippen molar-refractivity contribution in [3.05, 3.63) is 43.0 Å². The highest BCUT2D eigenvalue weighted by atomic mass is 31.3. The van der Waals surface area contributed by atoms with Crippen molar-refractivity contribution >= 4 is 30.2 Å². The van der Waals surface area contributed by atoms with Crippen LogP contribution in [0.3, 0.4) is 0 Å². The summed E-state index contributed by atoms with van der Waals surface area (Å²) in [7, 11) is -9.68. The Morgan fingerprint density at radius 3 is 2.61 bits per heavy atom. The van der Waals surface area contributed by atoms with Gasteiger partial charge in [-0.05, 0) is 12.5 Å². The van der Waals surface area contributed by atoms with Crippen LogP contribution in [-0.2, 0) is 27.3 Å². The average molecular weight is 499 g/mol. The van der Waals surface area contributed by atoms with Crippen molar-refractivity contribution in [3.63, 3.8) is 0 Å². The second-order valence-electron chi connectivity index (χ2n) is 6.48. The molecule has 0 saturated carbocycles. The summed E-state index contributed by atoms with van der Waals surface area (Å²) in [4.78, 5) is 55.2. The molecule has 2 heterocycles. The van der Waals surface area contributed by atoms with E-state index < -0.39 is 64.8 Å². The highest BCUT2D eigenvalue weighted by molar-refractivity contribution is 7.85. The predicted octanol–water partition coefficient (Wildman–Crippen LogP) is 0.442. The van der Waals surface area contributed by atoms with Crippen molar-refractivity contribution in [2.24, 2.45) is 5.11 Å². The van der Waals surface area contributed by atoms with Gasteiger partial charge in [0.15, 0.2) is 5.90 Å². The molecule has 0 amide bonds. The number of hydrogen-bond acceptors (Lipinski definition) is 9. The second kappa shape index (κ2) is 9.56. The van der Waals surface area contributed by atoms with E-state index >= 15 is 0 Å². The number of nitrogens with zero attached hydrogens (tertiary/aromatic N) is 4. The van der Waals surface area contributed by atoms with Crippen LogP contribution in [0, 0.1) is 6.92 Å². The summed E-state index contributed by atoms with van der Waals surface area (Å²) in [5.41, 5.74) is 7.53. The molecule has 2 radical (unpaired) electrons. The number of ether oxygens (including phenoxy) is 1. The first-order valence-electron chi connectivity index (χ1n) is 8.25. The van der Waals surface area contributed by atoms with Crippen LogP contribution in [0.4, 0.5) is 0 Å². The maximum Gasteiger partial charge on any atom is 0.346 e. The Bertz CT molecular complexity index is 1140. The van der Waals surface area contributed by atoms with Gasteiger partial charge in [-0.3, -0.25) is 28.0 Å². The lowest BCUT2D eigenvalue weighted by molar-refractivity contribution is -0.0230. The van der Waals surface area contributed by atoms with Crippen molar-refractivity contribution in [3.8, 4) is 0 Å². The molecule has 31 heavy (non-hydrogen) atoms. The van der Waals surface area contributed by atoms with E-state index in [4.69, 9.17) is 32.1 Å². The van der Waals surface area contributed by atoms with Gasteiger partial charge in [0.05, 0.1) is 18.8 Å². The highest BCUT2D eigenvalue weighted by Crippen LogP contribution is 2.64. The minimum absolute atomic E-state index is 0.0457. The monoisotopic (exact) mass is 499 g/mol. The van der Waals surface area contributed by atoms with Crippen LogP contribution >= 0.6 is 22.7 Å². The minimum atomic E-state index is -5.08. The standard InChI is InChI=1S/C11H17BN5O11P3/c1-6-3-17(11(19)14-10(6)18)9-2-7(15-16-13)8(27-9)4-26-31(12,25)28-30(23,24)5-29(20,21)22/h3,7-9H,2,4-5H2,1H3,(H,23,24)(H,14,18,19)(H2,20,21,22)/t7-,8-,9-,31?/m1/s1. The van der Waals surface area contributed by atoms with Crippen LogP contribution in [0.15, 0.2) is 20.9 Å². The van der Waals surface area contributed by atoms with Gasteiger partial charge in [0.1, 0.15) is 6.23 Å². The predicted molar refractivity (Wildman–Crippen MR) is 105 cm³/mol. The van der Waals surface area contributed by atoms with Gasteiger partial charge in [-0.2, -0.15) is 0 Å². The topological polar surface area (TPSA) is 243 Å². The Morgan fingerprint density at radius 2 is 2.03 bits per heavy atom. The first kappa shape index (κ1) is 25.8.